The summed E-state index contributed by atoms with van der Waals surface area (Å²) in [6.07, 6.45) is 14.1. The van der Waals surface area contributed by atoms with Gasteiger partial charge in [-0.05, 0) is 32.4 Å². The summed E-state index contributed by atoms with van der Waals surface area (Å²) in [7, 11) is 0. The Balaban J connectivity index is 0. The lowest BCUT2D eigenvalue weighted by molar-refractivity contribution is -0.137. The lowest BCUT2D eigenvalue weighted by atomic mass is 10.1. The number of carbonyl (C=O) groups is 1. The largest absolute Gasteiger partial charge is 0.481 e. The molecule has 0 radical (unpaired) electrons. The number of halogens is 1. The molecule has 0 fully saturated rings. The maximum atomic E-state index is 10.3. The minimum absolute atomic E-state index is 0. The molecule has 0 saturated carbocycles. The van der Waals surface area contributed by atoms with Crippen molar-refractivity contribution in [3.63, 3.8) is 0 Å². The van der Waals surface area contributed by atoms with E-state index in [4.69, 9.17) is 5.11 Å². The van der Waals surface area contributed by atoms with Crippen molar-refractivity contribution in [1.29, 1.82) is 0 Å². The van der Waals surface area contributed by atoms with Gasteiger partial charge < -0.3 is 10.4 Å². The van der Waals surface area contributed by atoms with Crippen LogP contribution in [0, 0.1) is 0 Å². The zero-order valence-electron chi connectivity index (χ0n) is 13.2. The van der Waals surface area contributed by atoms with Crippen molar-refractivity contribution < 1.29 is 9.90 Å². The standard InChI is InChI=1S/C16H33NO2.BrH/c1-2-3-4-5-6-8-11-14-17-15-12-9-7-10-13-16(18)19;/h17H,2-15H2,1H3,(H,18,19);1H. The Morgan fingerprint density at radius 2 is 1.25 bits per heavy atom. The van der Waals surface area contributed by atoms with Gasteiger partial charge in [0.05, 0.1) is 0 Å². The molecule has 0 rings (SSSR count). The highest BCUT2D eigenvalue weighted by molar-refractivity contribution is 8.93. The molecule has 0 aliphatic carbocycles. The van der Waals surface area contributed by atoms with Crippen LogP contribution in [0.15, 0.2) is 0 Å². The number of unbranched alkanes of at least 4 members (excludes halogenated alkanes) is 9. The second-order valence-corrected chi connectivity index (χ2v) is 5.43. The van der Waals surface area contributed by atoms with Gasteiger partial charge in [0.25, 0.3) is 0 Å². The van der Waals surface area contributed by atoms with Gasteiger partial charge in [0, 0.05) is 6.42 Å². The Kier molecular flexibility index (Phi) is 21.0. The number of carboxylic acids is 1. The summed E-state index contributed by atoms with van der Waals surface area (Å²) < 4.78 is 0. The topological polar surface area (TPSA) is 49.3 Å². The average molecular weight is 352 g/mol. The predicted octanol–water partition coefficient (Wildman–Crippen LogP) is 4.94. The molecule has 0 aliphatic rings. The lowest BCUT2D eigenvalue weighted by Crippen LogP contribution is -2.16. The average Bonchev–Trinajstić information content (AvgIpc) is 2.39. The summed E-state index contributed by atoms with van der Waals surface area (Å²) >= 11 is 0. The maximum absolute atomic E-state index is 10.3. The molecule has 0 amide bonds. The van der Waals surface area contributed by atoms with E-state index in [1.54, 1.807) is 0 Å². The van der Waals surface area contributed by atoms with Gasteiger partial charge in [0.1, 0.15) is 0 Å². The van der Waals surface area contributed by atoms with Crippen LogP contribution in [0.5, 0.6) is 0 Å². The van der Waals surface area contributed by atoms with Crippen LogP contribution in [0.3, 0.4) is 0 Å². The zero-order chi connectivity index (χ0) is 14.2. The van der Waals surface area contributed by atoms with E-state index >= 15 is 0 Å². The van der Waals surface area contributed by atoms with Gasteiger partial charge in [-0.25, -0.2) is 0 Å². The second-order valence-electron chi connectivity index (χ2n) is 5.43. The number of rotatable bonds is 15. The fourth-order valence-corrected chi connectivity index (χ4v) is 2.21. The van der Waals surface area contributed by atoms with E-state index in [9.17, 15) is 4.79 Å². The maximum Gasteiger partial charge on any atom is 0.303 e. The molecular weight excluding hydrogens is 318 g/mol. The molecule has 3 nitrogen and oxygen atoms in total. The number of nitrogens with one attached hydrogen (secondary N) is 1. The first kappa shape index (κ1) is 22.2. The van der Waals surface area contributed by atoms with Crippen molar-refractivity contribution in [3.8, 4) is 0 Å². The van der Waals surface area contributed by atoms with E-state index in [0.29, 0.717) is 6.42 Å². The summed E-state index contributed by atoms with van der Waals surface area (Å²) in [5.41, 5.74) is 0. The fourth-order valence-electron chi connectivity index (χ4n) is 2.21. The van der Waals surface area contributed by atoms with E-state index < -0.39 is 5.97 Å². The highest BCUT2D eigenvalue weighted by Gasteiger charge is 1.96. The zero-order valence-corrected chi connectivity index (χ0v) is 14.9. The molecule has 0 saturated heterocycles. The molecule has 0 heterocycles. The van der Waals surface area contributed by atoms with Crippen molar-refractivity contribution >= 4 is 23.0 Å². The molecule has 0 unspecified atom stereocenters. The molecule has 0 aromatic heterocycles. The molecule has 20 heavy (non-hydrogen) atoms. The lowest BCUT2D eigenvalue weighted by Gasteiger charge is -2.04. The van der Waals surface area contributed by atoms with Crippen LogP contribution in [-0.2, 0) is 4.79 Å². The highest BCUT2D eigenvalue weighted by Crippen LogP contribution is 2.06. The Labute approximate surface area is 135 Å². The Bertz CT molecular complexity index is 201. The first-order chi connectivity index (χ1) is 9.27. The smallest absolute Gasteiger partial charge is 0.303 e. The van der Waals surface area contributed by atoms with Crippen LogP contribution in [0.2, 0.25) is 0 Å². The van der Waals surface area contributed by atoms with Crippen LogP contribution in [0.4, 0.5) is 0 Å². The van der Waals surface area contributed by atoms with Crippen molar-refractivity contribution in [2.45, 2.75) is 84.0 Å². The van der Waals surface area contributed by atoms with E-state index in [-0.39, 0.29) is 17.0 Å². The Hall–Kier alpha value is -0.0900. The van der Waals surface area contributed by atoms with Gasteiger partial charge in [-0.15, -0.1) is 17.0 Å². The molecule has 122 valence electrons. The summed E-state index contributed by atoms with van der Waals surface area (Å²) in [5, 5.41) is 12.0. The van der Waals surface area contributed by atoms with E-state index in [1.807, 2.05) is 0 Å². The third-order valence-corrected chi connectivity index (χ3v) is 3.45. The van der Waals surface area contributed by atoms with Gasteiger partial charge >= 0.3 is 5.97 Å². The monoisotopic (exact) mass is 351 g/mol. The summed E-state index contributed by atoms with van der Waals surface area (Å²) in [6, 6.07) is 0. The number of aliphatic carboxylic acids is 1. The summed E-state index contributed by atoms with van der Waals surface area (Å²) in [6.45, 7) is 4.48. The molecule has 0 spiro atoms. The molecule has 0 aliphatic heterocycles. The molecule has 4 heteroatoms. The van der Waals surface area contributed by atoms with Crippen LogP contribution in [-0.4, -0.2) is 24.2 Å². The Morgan fingerprint density at radius 1 is 0.800 bits per heavy atom. The van der Waals surface area contributed by atoms with Crippen molar-refractivity contribution in [2.75, 3.05) is 13.1 Å². The number of carboxylic acid groups (broad SMARTS) is 1. The number of hydrogen-bond acceptors (Lipinski definition) is 2. The Morgan fingerprint density at radius 3 is 1.75 bits per heavy atom. The van der Waals surface area contributed by atoms with E-state index in [1.165, 1.54) is 51.4 Å². The fraction of sp³-hybridized carbons (Fsp3) is 0.938. The second kappa shape index (κ2) is 18.9. The minimum atomic E-state index is -0.669. The molecule has 0 bridgehead atoms. The van der Waals surface area contributed by atoms with Crippen LogP contribution < -0.4 is 5.32 Å². The summed E-state index contributed by atoms with van der Waals surface area (Å²) in [4.78, 5) is 10.3. The molecule has 0 aromatic rings. The third kappa shape index (κ3) is 20.2. The van der Waals surface area contributed by atoms with Gasteiger partial charge in [-0.3, -0.25) is 4.79 Å². The minimum Gasteiger partial charge on any atom is -0.481 e. The van der Waals surface area contributed by atoms with E-state index in [0.717, 1.165) is 32.4 Å². The molecule has 2 N–H and O–H groups in total. The number of hydrogen-bond donors (Lipinski definition) is 2. The van der Waals surface area contributed by atoms with Crippen molar-refractivity contribution in [2.24, 2.45) is 0 Å². The van der Waals surface area contributed by atoms with Gasteiger partial charge in [0.2, 0.25) is 0 Å². The normalized spacial score (nSPS) is 10.2. The quantitative estimate of drug-likeness (QED) is 0.411. The van der Waals surface area contributed by atoms with Crippen molar-refractivity contribution in [1.82, 2.24) is 5.32 Å². The van der Waals surface area contributed by atoms with Crippen LogP contribution in [0.1, 0.15) is 84.0 Å². The van der Waals surface area contributed by atoms with E-state index in [2.05, 4.69) is 12.2 Å². The predicted molar refractivity (Wildman–Crippen MR) is 91.9 cm³/mol. The van der Waals surface area contributed by atoms with Crippen molar-refractivity contribution in [3.05, 3.63) is 0 Å². The van der Waals surface area contributed by atoms with Gasteiger partial charge in [-0.1, -0.05) is 58.3 Å². The van der Waals surface area contributed by atoms with Gasteiger partial charge in [0.15, 0.2) is 0 Å². The third-order valence-electron chi connectivity index (χ3n) is 3.45. The molecule has 0 aromatic carbocycles. The summed E-state index contributed by atoms with van der Waals surface area (Å²) in [5.74, 6) is -0.669. The molecule has 0 atom stereocenters. The molecular formula is C16H34BrNO2. The SMILES string of the molecule is Br.CCCCCCCCCNCCCCCCC(=O)O. The van der Waals surface area contributed by atoms with Crippen LogP contribution in [0.25, 0.3) is 0 Å². The van der Waals surface area contributed by atoms with Crippen LogP contribution >= 0.6 is 17.0 Å². The first-order valence-electron chi connectivity index (χ1n) is 8.20. The van der Waals surface area contributed by atoms with Gasteiger partial charge in [-0.2, -0.15) is 0 Å². The first-order valence-corrected chi connectivity index (χ1v) is 8.20. The highest BCUT2D eigenvalue weighted by atomic mass is 79.9.